The van der Waals surface area contributed by atoms with E-state index in [1.807, 2.05) is 13.8 Å². The van der Waals surface area contributed by atoms with E-state index < -0.39 is 9.84 Å². The number of nitrogens with zero attached hydrogens (tertiary/aromatic N) is 1. The van der Waals surface area contributed by atoms with Gasteiger partial charge in [0.05, 0.1) is 11.5 Å². The summed E-state index contributed by atoms with van der Waals surface area (Å²) in [7, 11) is -2.81. The molecule has 0 aliphatic carbocycles. The minimum absolute atomic E-state index is 0.152. The third-order valence-corrected chi connectivity index (χ3v) is 4.93. The summed E-state index contributed by atoms with van der Waals surface area (Å²) in [6, 6.07) is 4.26. The van der Waals surface area contributed by atoms with Gasteiger partial charge in [-0.3, -0.25) is 0 Å². The molecule has 3 nitrogen and oxygen atoms in total. The van der Waals surface area contributed by atoms with E-state index >= 15 is 0 Å². The van der Waals surface area contributed by atoms with Crippen LogP contribution < -0.4 is 0 Å². The van der Waals surface area contributed by atoms with E-state index in [0.717, 1.165) is 24.2 Å². The largest absolute Gasteiger partial charge is 0.345 e. The van der Waals surface area contributed by atoms with Gasteiger partial charge in [0.1, 0.15) is 0 Å². The van der Waals surface area contributed by atoms with Crippen LogP contribution in [-0.2, 0) is 9.84 Å². The molecule has 0 amide bonds. The van der Waals surface area contributed by atoms with E-state index in [2.05, 4.69) is 16.7 Å². The second-order valence-corrected chi connectivity index (χ2v) is 6.63. The quantitative estimate of drug-likeness (QED) is 0.734. The molecule has 0 bridgehead atoms. The number of rotatable bonds is 1. The number of hydrogen-bond donors (Lipinski definition) is 0. The van der Waals surface area contributed by atoms with Gasteiger partial charge >= 0.3 is 0 Å². The maximum Gasteiger partial charge on any atom is 0.152 e. The monoisotopic (exact) mass is 227 g/mol. The molecule has 1 aromatic rings. The van der Waals surface area contributed by atoms with Crippen molar-refractivity contribution in [3.63, 3.8) is 0 Å². The van der Waals surface area contributed by atoms with E-state index in [-0.39, 0.29) is 6.04 Å². The Hall–Kier alpha value is -0.770. The molecule has 84 valence electrons. The summed E-state index contributed by atoms with van der Waals surface area (Å²) in [6.45, 7) is 4.07. The highest BCUT2D eigenvalue weighted by molar-refractivity contribution is 7.91. The SMILES string of the molecule is Cc1ccc(C)n1C1CCCS(=O)(=O)C1. The fourth-order valence-electron chi connectivity index (χ4n) is 2.46. The number of sulfone groups is 1. The molecule has 0 saturated carbocycles. The van der Waals surface area contributed by atoms with Crippen LogP contribution in [0.3, 0.4) is 0 Å². The number of hydrogen-bond acceptors (Lipinski definition) is 2. The lowest BCUT2D eigenvalue weighted by Gasteiger charge is -2.26. The molecule has 1 unspecified atom stereocenters. The molecule has 1 fully saturated rings. The zero-order chi connectivity index (χ0) is 11.1. The zero-order valence-electron chi connectivity index (χ0n) is 9.23. The van der Waals surface area contributed by atoms with Crippen LogP contribution in [0.4, 0.5) is 0 Å². The smallest absolute Gasteiger partial charge is 0.152 e. The van der Waals surface area contributed by atoms with E-state index in [1.54, 1.807) is 0 Å². The van der Waals surface area contributed by atoms with Crippen molar-refractivity contribution in [3.8, 4) is 0 Å². The molecule has 0 spiro atoms. The summed E-state index contributed by atoms with van der Waals surface area (Å²) in [5.41, 5.74) is 2.32. The van der Waals surface area contributed by atoms with Gasteiger partial charge in [-0.15, -0.1) is 0 Å². The van der Waals surface area contributed by atoms with Crippen LogP contribution in [0.15, 0.2) is 12.1 Å². The number of aromatic nitrogens is 1. The molecule has 1 saturated heterocycles. The third kappa shape index (κ3) is 2.09. The maximum atomic E-state index is 11.6. The van der Waals surface area contributed by atoms with Crippen LogP contribution in [0, 0.1) is 13.8 Å². The van der Waals surface area contributed by atoms with Crippen LogP contribution in [0.2, 0.25) is 0 Å². The lowest BCUT2D eigenvalue weighted by molar-refractivity contribution is 0.459. The Morgan fingerprint density at radius 1 is 1.27 bits per heavy atom. The molecule has 2 heterocycles. The van der Waals surface area contributed by atoms with Crippen LogP contribution in [0.5, 0.6) is 0 Å². The van der Waals surface area contributed by atoms with Gasteiger partial charge in [-0.05, 0) is 38.8 Å². The Balaban J connectivity index is 2.32. The summed E-state index contributed by atoms with van der Waals surface area (Å²) < 4.78 is 25.3. The highest BCUT2D eigenvalue weighted by Gasteiger charge is 2.26. The first-order valence-electron chi connectivity index (χ1n) is 5.34. The van der Waals surface area contributed by atoms with Crippen molar-refractivity contribution in [1.82, 2.24) is 4.57 Å². The topological polar surface area (TPSA) is 39.1 Å². The molecule has 0 aromatic carbocycles. The van der Waals surface area contributed by atoms with Crippen molar-refractivity contribution in [2.45, 2.75) is 32.7 Å². The first-order chi connectivity index (χ1) is 6.99. The molecule has 0 radical (unpaired) electrons. The molecular formula is C11H17NO2S. The fourth-order valence-corrected chi connectivity index (χ4v) is 4.13. The molecule has 2 rings (SSSR count). The van der Waals surface area contributed by atoms with Crippen molar-refractivity contribution in [2.75, 3.05) is 11.5 Å². The zero-order valence-corrected chi connectivity index (χ0v) is 10.0. The summed E-state index contributed by atoms with van der Waals surface area (Å²) in [5, 5.41) is 0. The molecule has 1 aromatic heterocycles. The van der Waals surface area contributed by atoms with Crippen molar-refractivity contribution < 1.29 is 8.42 Å². The molecular weight excluding hydrogens is 210 g/mol. The lowest BCUT2D eigenvalue weighted by Crippen LogP contribution is -2.28. The second-order valence-electron chi connectivity index (χ2n) is 4.40. The average molecular weight is 227 g/mol. The highest BCUT2D eigenvalue weighted by Crippen LogP contribution is 2.26. The Kier molecular flexibility index (Phi) is 2.63. The maximum absolute atomic E-state index is 11.6. The normalized spacial score (nSPS) is 25.3. The Morgan fingerprint density at radius 3 is 2.40 bits per heavy atom. The van der Waals surface area contributed by atoms with Gasteiger partial charge in [0.25, 0.3) is 0 Å². The Bertz CT molecular complexity index is 439. The molecule has 15 heavy (non-hydrogen) atoms. The summed E-state index contributed by atoms with van der Waals surface area (Å²) in [6.07, 6.45) is 1.78. The van der Waals surface area contributed by atoms with E-state index in [0.29, 0.717) is 11.5 Å². The van der Waals surface area contributed by atoms with Crippen LogP contribution >= 0.6 is 0 Å². The standard InChI is InChI=1S/C11H17NO2S/c1-9-5-6-10(2)12(9)11-4-3-7-15(13,14)8-11/h5-6,11H,3-4,7-8H2,1-2H3. The van der Waals surface area contributed by atoms with Crippen molar-refractivity contribution in [2.24, 2.45) is 0 Å². The van der Waals surface area contributed by atoms with E-state index in [1.165, 1.54) is 0 Å². The van der Waals surface area contributed by atoms with E-state index in [9.17, 15) is 8.42 Å². The average Bonchev–Trinajstić information content (AvgIpc) is 2.44. The van der Waals surface area contributed by atoms with Gasteiger partial charge in [0.15, 0.2) is 9.84 Å². The van der Waals surface area contributed by atoms with Gasteiger partial charge in [0.2, 0.25) is 0 Å². The molecule has 1 aliphatic heterocycles. The van der Waals surface area contributed by atoms with Gasteiger partial charge < -0.3 is 4.57 Å². The second kappa shape index (κ2) is 3.67. The fraction of sp³-hybridized carbons (Fsp3) is 0.636. The minimum atomic E-state index is -2.81. The molecule has 0 N–H and O–H groups in total. The Labute approximate surface area is 91.0 Å². The number of aryl methyl sites for hydroxylation is 2. The van der Waals surface area contributed by atoms with Crippen molar-refractivity contribution in [1.29, 1.82) is 0 Å². The predicted octanol–water partition coefficient (Wildman–Crippen LogP) is 1.85. The van der Waals surface area contributed by atoms with Crippen LogP contribution in [0.1, 0.15) is 30.3 Å². The van der Waals surface area contributed by atoms with E-state index in [4.69, 9.17) is 0 Å². The van der Waals surface area contributed by atoms with Crippen LogP contribution in [-0.4, -0.2) is 24.5 Å². The van der Waals surface area contributed by atoms with Gasteiger partial charge in [-0.2, -0.15) is 0 Å². The summed E-state index contributed by atoms with van der Waals surface area (Å²) in [4.78, 5) is 0. The summed E-state index contributed by atoms with van der Waals surface area (Å²) in [5.74, 6) is 0.673. The van der Waals surface area contributed by atoms with Crippen molar-refractivity contribution >= 4 is 9.84 Å². The predicted molar refractivity (Wildman–Crippen MR) is 60.8 cm³/mol. The summed E-state index contributed by atoms with van der Waals surface area (Å²) >= 11 is 0. The molecule has 1 aliphatic rings. The molecule has 4 heteroatoms. The van der Waals surface area contributed by atoms with Crippen LogP contribution in [0.25, 0.3) is 0 Å². The first kappa shape index (κ1) is 10.7. The van der Waals surface area contributed by atoms with Crippen molar-refractivity contribution in [3.05, 3.63) is 23.5 Å². The van der Waals surface area contributed by atoms with Gasteiger partial charge in [0, 0.05) is 17.4 Å². The Morgan fingerprint density at radius 2 is 1.87 bits per heavy atom. The lowest BCUT2D eigenvalue weighted by atomic mass is 10.1. The van der Waals surface area contributed by atoms with Gasteiger partial charge in [-0.25, -0.2) is 8.42 Å². The minimum Gasteiger partial charge on any atom is -0.345 e. The third-order valence-electron chi connectivity index (χ3n) is 3.13. The highest BCUT2D eigenvalue weighted by atomic mass is 32.2. The van der Waals surface area contributed by atoms with Gasteiger partial charge in [-0.1, -0.05) is 0 Å². The first-order valence-corrected chi connectivity index (χ1v) is 7.16. The molecule has 1 atom stereocenters.